The summed E-state index contributed by atoms with van der Waals surface area (Å²) in [4.78, 5) is 21.9. The lowest BCUT2D eigenvalue weighted by atomic mass is 10.1. The van der Waals surface area contributed by atoms with Crippen LogP contribution in [0.5, 0.6) is 0 Å². The predicted molar refractivity (Wildman–Crippen MR) is 57.2 cm³/mol. The second-order valence-corrected chi connectivity index (χ2v) is 2.93. The molecule has 0 amide bonds. The molecule has 0 heterocycles. The predicted octanol–water partition coefficient (Wildman–Crippen LogP) is 1.31. The average molecular weight is 215 g/mol. The van der Waals surface area contributed by atoms with Gasteiger partial charge in [0.25, 0.3) is 5.78 Å². The third-order valence-corrected chi connectivity index (χ3v) is 1.83. The van der Waals surface area contributed by atoms with Crippen molar-refractivity contribution < 1.29 is 14.3 Å². The molecule has 1 aromatic rings. The van der Waals surface area contributed by atoms with Gasteiger partial charge in [-0.15, -0.1) is 0 Å². The molecule has 0 N–H and O–H groups in total. The van der Waals surface area contributed by atoms with Crippen LogP contribution in [0, 0.1) is 11.3 Å². The largest absolute Gasteiger partial charge is 0.463 e. The van der Waals surface area contributed by atoms with Crippen molar-refractivity contribution in [2.45, 2.75) is 0 Å². The van der Waals surface area contributed by atoms with Gasteiger partial charge < -0.3 is 4.74 Å². The van der Waals surface area contributed by atoms with Crippen molar-refractivity contribution in [1.29, 1.82) is 5.26 Å². The van der Waals surface area contributed by atoms with Crippen LogP contribution in [0.15, 0.2) is 30.3 Å². The molecule has 0 aliphatic carbocycles. The summed E-state index contributed by atoms with van der Waals surface area (Å²) >= 11 is 0. The number of esters is 1. The summed E-state index contributed by atoms with van der Waals surface area (Å²) in [7, 11) is 1.14. The first kappa shape index (κ1) is 11.7. The van der Waals surface area contributed by atoms with Crippen molar-refractivity contribution in [2.24, 2.45) is 0 Å². The van der Waals surface area contributed by atoms with Gasteiger partial charge in [-0.25, -0.2) is 4.79 Å². The second kappa shape index (κ2) is 5.47. The average Bonchev–Trinajstić information content (AvgIpc) is 2.35. The van der Waals surface area contributed by atoms with E-state index >= 15 is 0 Å². The smallest absolute Gasteiger partial charge is 0.378 e. The number of carbonyl (C=O) groups is 2. The Balaban J connectivity index is 2.81. The van der Waals surface area contributed by atoms with Gasteiger partial charge in [0, 0.05) is 0 Å². The lowest BCUT2D eigenvalue weighted by molar-refractivity contribution is -0.149. The Morgan fingerprint density at radius 1 is 1.44 bits per heavy atom. The number of carbonyl (C=O) groups excluding carboxylic acids is 2. The first-order valence-electron chi connectivity index (χ1n) is 4.48. The molecule has 1 aromatic carbocycles. The maximum absolute atomic E-state index is 11.1. The molecule has 0 saturated heterocycles. The van der Waals surface area contributed by atoms with E-state index in [0.29, 0.717) is 11.1 Å². The molecule has 4 heteroatoms. The normalized spacial score (nSPS) is 9.75. The van der Waals surface area contributed by atoms with Gasteiger partial charge in [-0.3, -0.25) is 4.79 Å². The highest BCUT2D eigenvalue weighted by Crippen LogP contribution is 2.06. The van der Waals surface area contributed by atoms with E-state index in [1.165, 1.54) is 6.08 Å². The molecule has 0 aromatic heterocycles. The highest BCUT2D eigenvalue weighted by molar-refractivity contribution is 6.39. The van der Waals surface area contributed by atoms with Gasteiger partial charge in [0.05, 0.1) is 18.7 Å². The maximum atomic E-state index is 11.1. The lowest BCUT2D eigenvalue weighted by Gasteiger charge is -1.94. The van der Waals surface area contributed by atoms with Crippen molar-refractivity contribution >= 4 is 17.8 Å². The first-order chi connectivity index (χ1) is 7.67. The number of hydrogen-bond acceptors (Lipinski definition) is 4. The van der Waals surface area contributed by atoms with Crippen LogP contribution in [0.4, 0.5) is 0 Å². The molecule has 0 saturated carbocycles. The van der Waals surface area contributed by atoms with Gasteiger partial charge in [-0.2, -0.15) is 5.26 Å². The van der Waals surface area contributed by atoms with Crippen LogP contribution in [-0.2, 0) is 14.3 Å². The van der Waals surface area contributed by atoms with Gasteiger partial charge in [-0.05, 0) is 23.8 Å². The summed E-state index contributed by atoms with van der Waals surface area (Å²) in [6, 6.07) is 8.66. The van der Waals surface area contributed by atoms with Gasteiger partial charge >= 0.3 is 5.97 Å². The van der Waals surface area contributed by atoms with Crippen LogP contribution in [0.1, 0.15) is 11.1 Å². The van der Waals surface area contributed by atoms with Gasteiger partial charge in [-0.1, -0.05) is 18.2 Å². The minimum Gasteiger partial charge on any atom is -0.463 e. The van der Waals surface area contributed by atoms with Crippen molar-refractivity contribution in [3.8, 4) is 6.07 Å². The van der Waals surface area contributed by atoms with E-state index in [-0.39, 0.29) is 0 Å². The Morgan fingerprint density at radius 2 is 2.19 bits per heavy atom. The summed E-state index contributed by atoms with van der Waals surface area (Å²) in [6.45, 7) is 0. The fourth-order valence-electron chi connectivity index (χ4n) is 1.05. The van der Waals surface area contributed by atoms with Crippen LogP contribution >= 0.6 is 0 Å². The summed E-state index contributed by atoms with van der Waals surface area (Å²) in [5.41, 5.74) is 1.17. The molecule has 0 atom stereocenters. The van der Waals surface area contributed by atoms with Gasteiger partial charge in [0.15, 0.2) is 0 Å². The fourth-order valence-corrected chi connectivity index (χ4v) is 1.05. The highest BCUT2D eigenvalue weighted by Gasteiger charge is 2.08. The minimum absolute atomic E-state index is 0.493. The molecule has 0 fully saturated rings. The molecule has 0 aliphatic rings. The quantitative estimate of drug-likeness (QED) is 0.433. The van der Waals surface area contributed by atoms with E-state index in [0.717, 1.165) is 13.2 Å². The van der Waals surface area contributed by atoms with Crippen LogP contribution in [0.2, 0.25) is 0 Å². The van der Waals surface area contributed by atoms with Crippen LogP contribution in [-0.4, -0.2) is 18.9 Å². The Morgan fingerprint density at radius 3 is 2.81 bits per heavy atom. The van der Waals surface area contributed by atoms with E-state index in [2.05, 4.69) is 4.74 Å². The van der Waals surface area contributed by atoms with Crippen LogP contribution < -0.4 is 0 Å². The zero-order chi connectivity index (χ0) is 12.0. The maximum Gasteiger partial charge on any atom is 0.378 e. The fraction of sp³-hybridized carbons (Fsp3) is 0.0833. The molecule has 0 unspecified atom stereocenters. The van der Waals surface area contributed by atoms with E-state index < -0.39 is 11.8 Å². The van der Waals surface area contributed by atoms with Crippen LogP contribution in [0.3, 0.4) is 0 Å². The summed E-state index contributed by atoms with van der Waals surface area (Å²) < 4.78 is 4.25. The Labute approximate surface area is 92.8 Å². The Kier molecular flexibility index (Phi) is 3.98. The highest BCUT2D eigenvalue weighted by atomic mass is 16.5. The number of methoxy groups -OCH3 is 1. The standard InChI is InChI=1S/C12H9NO3/c1-16-12(15)11(14)6-5-9-3-2-4-10(7-9)8-13/h2-7H,1H3/b6-5+. The molecule has 16 heavy (non-hydrogen) atoms. The van der Waals surface area contributed by atoms with E-state index in [1.54, 1.807) is 24.3 Å². The van der Waals surface area contributed by atoms with Crippen molar-refractivity contribution in [1.82, 2.24) is 0 Å². The van der Waals surface area contributed by atoms with Crippen LogP contribution in [0.25, 0.3) is 6.08 Å². The van der Waals surface area contributed by atoms with E-state index in [4.69, 9.17) is 5.26 Å². The van der Waals surface area contributed by atoms with E-state index in [9.17, 15) is 9.59 Å². The molecule has 80 valence electrons. The van der Waals surface area contributed by atoms with Crippen molar-refractivity contribution in [3.63, 3.8) is 0 Å². The monoisotopic (exact) mass is 215 g/mol. The molecule has 0 aliphatic heterocycles. The number of hydrogen-bond donors (Lipinski definition) is 0. The Hall–Kier alpha value is -2.41. The minimum atomic E-state index is -0.910. The molecule has 0 bridgehead atoms. The second-order valence-electron chi connectivity index (χ2n) is 2.93. The molecular weight excluding hydrogens is 206 g/mol. The van der Waals surface area contributed by atoms with Gasteiger partial charge in [0.2, 0.25) is 0 Å². The number of ether oxygens (including phenoxy) is 1. The SMILES string of the molecule is COC(=O)C(=O)/C=C/c1cccc(C#N)c1. The van der Waals surface area contributed by atoms with Crippen molar-refractivity contribution in [2.75, 3.05) is 7.11 Å². The molecular formula is C12H9NO3. The molecule has 4 nitrogen and oxygen atoms in total. The number of nitrogens with zero attached hydrogens (tertiary/aromatic N) is 1. The van der Waals surface area contributed by atoms with Crippen molar-refractivity contribution in [3.05, 3.63) is 41.5 Å². The number of nitriles is 1. The number of ketones is 1. The lowest BCUT2D eigenvalue weighted by Crippen LogP contribution is -2.12. The third kappa shape index (κ3) is 3.07. The van der Waals surface area contributed by atoms with E-state index in [1.807, 2.05) is 6.07 Å². The number of benzene rings is 1. The summed E-state index contributed by atoms with van der Waals surface area (Å²) in [5.74, 6) is -1.64. The topological polar surface area (TPSA) is 67.2 Å². The zero-order valence-electron chi connectivity index (χ0n) is 8.64. The first-order valence-corrected chi connectivity index (χ1v) is 4.48. The Bertz CT molecular complexity index is 483. The summed E-state index contributed by atoms with van der Waals surface area (Å²) in [5, 5.41) is 8.65. The summed E-state index contributed by atoms with van der Waals surface area (Å²) in [6.07, 6.45) is 2.57. The molecule has 0 spiro atoms. The third-order valence-electron chi connectivity index (χ3n) is 1.83. The van der Waals surface area contributed by atoms with Gasteiger partial charge in [0.1, 0.15) is 0 Å². The molecule has 1 rings (SSSR count). The molecule has 0 radical (unpaired) electrons. The number of rotatable bonds is 3. The zero-order valence-corrected chi connectivity index (χ0v) is 8.64.